The maximum atomic E-state index is 13.9. The minimum absolute atomic E-state index is 0.104. The fraction of sp³-hybridized carbons (Fsp3) is 0.636. The van der Waals surface area contributed by atoms with Crippen LogP contribution in [0.25, 0.3) is 0 Å². The second-order valence-electron chi connectivity index (χ2n) is 8.37. The molecule has 4 rings (SSSR count). The summed E-state index contributed by atoms with van der Waals surface area (Å²) in [5.41, 5.74) is 0.790. The van der Waals surface area contributed by atoms with Crippen LogP contribution in [0.4, 0.5) is 4.39 Å². The van der Waals surface area contributed by atoms with Crippen molar-refractivity contribution in [3.8, 4) is 0 Å². The average molecular weight is 403 g/mol. The van der Waals surface area contributed by atoms with Crippen LogP contribution in [-0.4, -0.2) is 58.8 Å². The Morgan fingerprint density at radius 2 is 2.00 bits per heavy atom. The van der Waals surface area contributed by atoms with E-state index in [-0.39, 0.29) is 5.82 Å². The van der Waals surface area contributed by atoms with Crippen molar-refractivity contribution >= 4 is 0 Å². The predicted molar refractivity (Wildman–Crippen MR) is 108 cm³/mol. The monoisotopic (exact) mass is 402 g/mol. The number of aryl methyl sites for hydroxylation is 1. The highest BCUT2D eigenvalue weighted by Gasteiger charge is 2.26. The molecule has 1 atom stereocenters. The third-order valence-electron chi connectivity index (χ3n) is 6.00. The molecule has 2 aliphatic rings. The van der Waals surface area contributed by atoms with E-state index in [2.05, 4.69) is 19.9 Å². The molecule has 7 heteroatoms. The minimum atomic E-state index is -0.104. The molecule has 2 saturated heterocycles. The topological polar surface area (TPSA) is 54.6 Å². The van der Waals surface area contributed by atoms with Crippen LogP contribution in [0.1, 0.15) is 43.0 Å². The summed E-state index contributed by atoms with van der Waals surface area (Å²) in [5.74, 6) is 1.88. The second-order valence-corrected chi connectivity index (χ2v) is 8.37. The van der Waals surface area contributed by atoms with E-state index in [0.29, 0.717) is 31.0 Å². The van der Waals surface area contributed by atoms with Crippen molar-refractivity contribution < 1.29 is 13.7 Å². The van der Waals surface area contributed by atoms with Crippen LogP contribution in [0.5, 0.6) is 0 Å². The van der Waals surface area contributed by atoms with Crippen LogP contribution >= 0.6 is 0 Å². The van der Waals surface area contributed by atoms with Crippen LogP contribution in [0.2, 0.25) is 0 Å². The molecule has 0 radical (unpaired) electrons. The Bertz CT molecular complexity index is 770. The number of nitrogens with zero attached hydrogens (tertiary/aromatic N) is 4. The minimum Gasteiger partial charge on any atom is -0.377 e. The quantitative estimate of drug-likeness (QED) is 0.675. The molecule has 0 aliphatic carbocycles. The van der Waals surface area contributed by atoms with E-state index in [1.165, 1.54) is 0 Å². The van der Waals surface area contributed by atoms with Crippen LogP contribution in [0, 0.1) is 18.7 Å². The van der Waals surface area contributed by atoms with Crippen molar-refractivity contribution in [2.24, 2.45) is 5.92 Å². The van der Waals surface area contributed by atoms with Gasteiger partial charge in [0.05, 0.1) is 12.6 Å². The third kappa shape index (κ3) is 5.84. The van der Waals surface area contributed by atoms with Crippen molar-refractivity contribution in [1.29, 1.82) is 0 Å². The first-order valence-electron chi connectivity index (χ1n) is 10.7. The molecule has 1 aromatic carbocycles. The second kappa shape index (κ2) is 9.78. The van der Waals surface area contributed by atoms with Crippen molar-refractivity contribution in [3.63, 3.8) is 0 Å². The van der Waals surface area contributed by atoms with E-state index in [9.17, 15) is 4.39 Å². The molecule has 158 valence electrons. The molecular weight excluding hydrogens is 371 g/mol. The Labute approximate surface area is 172 Å². The maximum absolute atomic E-state index is 13.9. The number of benzene rings is 1. The van der Waals surface area contributed by atoms with Gasteiger partial charge in [-0.1, -0.05) is 23.4 Å². The van der Waals surface area contributed by atoms with E-state index in [4.69, 9.17) is 9.26 Å². The molecule has 0 saturated carbocycles. The summed E-state index contributed by atoms with van der Waals surface area (Å²) in [6.45, 7) is 8.04. The van der Waals surface area contributed by atoms with Gasteiger partial charge in [0.25, 0.3) is 0 Å². The fourth-order valence-electron chi connectivity index (χ4n) is 4.45. The van der Waals surface area contributed by atoms with Crippen LogP contribution in [-0.2, 0) is 17.8 Å². The van der Waals surface area contributed by atoms with Crippen LogP contribution in [0.15, 0.2) is 28.8 Å². The van der Waals surface area contributed by atoms with Gasteiger partial charge < -0.3 is 9.26 Å². The summed E-state index contributed by atoms with van der Waals surface area (Å²) in [5, 5.41) is 4.08. The zero-order chi connectivity index (χ0) is 20.1. The fourth-order valence-corrected chi connectivity index (χ4v) is 4.45. The summed E-state index contributed by atoms with van der Waals surface area (Å²) in [4.78, 5) is 9.17. The molecule has 1 aromatic heterocycles. The lowest BCUT2D eigenvalue weighted by molar-refractivity contribution is 0.0557. The highest BCUT2D eigenvalue weighted by molar-refractivity contribution is 5.17. The first-order chi connectivity index (χ1) is 14.2. The molecule has 2 aliphatic heterocycles. The SMILES string of the molecule is Cc1nc(CN(CC2CCN(Cc3ccccc3F)CC2)C[C@H]2CCCO2)no1. The molecule has 0 unspecified atom stereocenters. The molecule has 0 spiro atoms. The maximum Gasteiger partial charge on any atom is 0.223 e. The molecule has 2 aromatic rings. The smallest absolute Gasteiger partial charge is 0.223 e. The molecule has 0 bridgehead atoms. The first-order valence-corrected chi connectivity index (χ1v) is 10.7. The molecule has 0 amide bonds. The van der Waals surface area contributed by atoms with E-state index < -0.39 is 0 Å². The highest BCUT2D eigenvalue weighted by Crippen LogP contribution is 2.23. The van der Waals surface area contributed by atoms with Gasteiger partial charge in [0.15, 0.2) is 5.82 Å². The van der Waals surface area contributed by atoms with Crippen molar-refractivity contribution in [2.75, 3.05) is 32.8 Å². The Balaban J connectivity index is 1.30. The van der Waals surface area contributed by atoms with Gasteiger partial charge in [0.1, 0.15) is 5.82 Å². The van der Waals surface area contributed by atoms with Crippen molar-refractivity contribution in [2.45, 2.75) is 51.8 Å². The number of likely N-dealkylation sites (tertiary alicyclic amines) is 1. The summed E-state index contributed by atoms with van der Waals surface area (Å²) in [6.07, 6.45) is 4.84. The van der Waals surface area contributed by atoms with Gasteiger partial charge in [0, 0.05) is 38.7 Å². The predicted octanol–water partition coefficient (Wildman–Crippen LogP) is 3.41. The standard InChI is InChI=1S/C22H31FN4O2/c1-17-24-22(25-29-17)16-27(15-20-6-4-12-28-20)13-18-8-10-26(11-9-18)14-19-5-2-3-7-21(19)23/h2-3,5,7,18,20H,4,6,8-16H2,1H3/t20-/m1/s1. The Morgan fingerprint density at radius 3 is 2.69 bits per heavy atom. The first kappa shape index (κ1) is 20.4. The number of hydrogen-bond acceptors (Lipinski definition) is 6. The number of ether oxygens (including phenoxy) is 1. The van der Waals surface area contributed by atoms with Gasteiger partial charge in [-0.2, -0.15) is 4.98 Å². The van der Waals surface area contributed by atoms with E-state index in [1.807, 2.05) is 19.1 Å². The zero-order valence-corrected chi connectivity index (χ0v) is 17.2. The van der Waals surface area contributed by atoms with E-state index in [0.717, 1.165) is 69.9 Å². The highest BCUT2D eigenvalue weighted by atomic mass is 19.1. The molecular formula is C22H31FN4O2. The summed E-state index contributed by atoms with van der Waals surface area (Å²) >= 11 is 0. The van der Waals surface area contributed by atoms with Gasteiger partial charge in [-0.15, -0.1) is 0 Å². The summed E-state index contributed by atoms with van der Waals surface area (Å²) in [7, 11) is 0. The lowest BCUT2D eigenvalue weighted by atomic mass is 9.95. The number of aromatic nitrogens is 2. The lowest BCUT2D eigenvalue weighted by Crippen LogP contribution is -2.40. The molecule has 29 heavy (non-hydrogen) atoms. The average Bonchev–Trinajstić information content (AvgIpc) is 3.37. The van der Waals surface area contributed by atoms with Gasteiger partial charge >= 0.3 is 0 Å². The van der Waals surface area contributed by atoms with Gasteiger partial charge in [-0.25, -0.2) is 4.39 Å². The molecule has 3 heterocycles. The van der Waals surface area contributed by atoms with E-state index in [1.54, 1.807) is 12.1 Å². The Hall–Kier alpha value is -1.83. The van der Waals surface area contributed by atoms with Crippen molar-refractivity contribution in [3.05, 3.63) is 47.4 Å². The number of hydrogen-bond donors (Lipinski definition) is 0. The van der Waals surface area contributed by atoms with Gasteiger partial charge in [-0.3, -0.25) is 9.80 Å². The zero-order valence-electron chi connectivity index (χ0n) is 17.2. The van der Waals surface area contributed by atoms with E-state index >= 15 is 0 Å². The van der Waals surface area contributed by atoms with Crippen LogP contribution < -0.4 is 0 Å². The molecule has 6 nitrogen and oxygen atoms in total. The summed E-state index contributed by atoms with van der Waals surface area (Å²) in [6, 6.07) is 7.09. The van der Waals surface area contributed by atoms with Gasteiger partial charge in [-0.05, 0) is 50.8 Å². The number of rotatable bonds is 8. The Morgan fingerprint density at radius 1 is 1.17 bits per heavy atom. The van der Waals surface area contributed by atoms with Gasteiger partial charge in [0.2, 0.25) is 5.89 Å². The van der Waals surface area contributed by atoms with Crippen molar-refractivity contribution in [1.82, 2.24) is 19.9 Å². The van der Waals surface area contributed by atoms with Crippen LogP contribution in [0.3, 0.4) is 0 Å². The Kier molecular flexibility index (Phi) is 6.90. The molecule has 2 fully saturated rings. The summed E-state index contributed by atoms with van der Waals surface area (Å²) < 4.78 is 24.9. The third-order valence-corrected chi connectivity index (χ3v) is 6.00. The number of piperidine rings is 1. The number of halogens is 1. The molecule has 0 N–H and O–H groups in total. The largest absolute Gasteiger partial charge is 0.377 e. The lowest BCUT2D eigenvalue weighted by Gasteiger charge is -2.35. The normalized spacial score (nSPS) is 21.3.